The Morgan fingerprint density at radius 1 is 1.20 bits per heavy atom. The number of H-pyrrole nitrogens is 1. The molecule has 4 heteroatoms. The third-order valence-electron chi connectivity index (χ3n) is 3.34. The van der Waals surface area contributed by atoms with Crippen LogP contribution in [-0.2, 0) is 0 Å². The molecule has 2 rings (SSSR count). The zero-order valence-electron chi connectivity index (χ0n) is 11.9. The molecule has 2 aromatic rings. The standard InChI is InChI=1S/C16H22N2OS/c1-20-11-7-3-2-6-10-17-16(19)15-12-13-8-4-5-9-14(13)18-15/h4-5,8-9,12,18H,2-3,6-7,10-11H2,1H3,(H,17,19). The fraction of sp³-hybridized carbons (Fsp3) is 0.438. The van der Waals surface area contributed by atoms with Crippen molar-refractivity contribution in [2.45, 2.75) is 25.7 Å². The van der Waals surface area contributed by atoms with Crippen LogP contribution in [0.5, 0.6) is 0 Å². The zero-order chi connectivity index (χ0) is 14.2. The third-order valence-corrected chi connectivity index (χ3v) is 4.03. The fourth-order valence-corrected chi connectivity index (χ4v) is 2.71. The molecule has 20 heavy (non-hydrogen) atoms. The van der Waals surface area contributed by atoms with Gasteiger partial charge in [-0.1, -0.05) is 31.0 Å². The van der Waals surface area contributed by atoms with Crippen molar-refractivity contribution in [3.05, 3.63) is 36.0 Å². The third kappa shape index (κ3) is 4.30. The fourth-order valence-electron chi connectivity index (χ4n) is 2.22. The molecule has 1 amide bonds. The summed E-state index contributed by atoms with van der Waals surface area (Å²) in [6, 6.07) is 9.84. The summed E-state index contributed by atoms with van der Waals surface area (Å²) in [6.07, 6.45) is 6.91. The molecule has 1 aromatic heterocycles. The van der Waals surface area contributed by atoms with Gasteiger partial charge in [0.2, 0.25) is 0 Å². The van der Waals surface area contributed by atoms with Crippen molar-refractivity contribution in [2.24, 2.45) is 0 Å². The lowest BCUT2D eigenvalue weighted by Crippen LogP contribution is -2.24. The average molecular weight is 290 g/mol. The van der Waals surface area contributed by atoms with Crippen LogP contribution in [0.4, 0.5) is 0 Å². The minimum absolute atomic E-state index is 0.00897. The molecule has 0 radical (unpaired) electrons. The molecule has 0 aliphatic heterocycles. The molecule has 1 heterocycles. The summed E-state index contributed by atoms with van der Waals surface area (Å²) in [7, 11) is 0. The summed E-state index contributed by atoms with van der Waals surface area (Å²) < 4.78 is 0. The SMILES string of the molecule is CSCCCCCCNC(=O)c1cc2ccccc2[nH]1. The maximum Gasteiger partial charge on any atom is 0.267 e. The number of carbonyl (C=O) groups excluding carboxylic acids is 1. The van der Waals surface area contributed by atoms with Crippen molar-refractivity contribution < 1.29 is 4.79 Å². The van der Waals surface area contributed by atoms with Crippen LogP contribution in [0.15, 0.2) is 30.3 Å². The van der Waals surface area contributed by atoms with Gasteiger partial charge in [-0.25, -0.2) is 0 Å². The summed E-state index contributed by atoms with van der Waals surface area (Å²) in [4.78, 5) is 15.2. The molecule has 0 atom stereocenters. The number of benzene rings is 1. The highest BCUT2D eigenvalue weighted by Crippen LogP contribution is 2.14. The number of carbonyl (C=O) groups is 1. The molecule has 1 aromatic carbocycles. The Hall–Kier alpha value is -1.42. The van der Waals surface area contributed by atoms with Crippen molar-refractivity contribution in [1.82, 2.24) is 10.3 Å². The zero-order valence-corrected chi connectivity index (χ0v) is 12.8. The number of para-hydroxylation sites is 1. The summed E-state index contributed by atoms with van der Waals surface area (Å²) >= 11 is 1.90. The molecule has 0 unspecified atom stereocenters. The first kappa shape index (κ1) is 15.0. The van der Waals surface area contributed by atoms with E-state index in [1.165, 1.54) is 25.0 Å². The maximum atomic E-state index is 12.0. The van der Waals surface area contributed by atoms with Gasteiger partial charge in [0.15, 0.2) is 0 Å². The number of amides is 1. The lowest BCUT2D eigenvalue weighted by atomic mass is 10.2. The van der Waals surface area contributed by atoms with Gasteiger partial charge in [-0.2, -0.15) is 11.8 Å². The van der Waals surface area contributed by atoms with Crippen LogP contribution in [-0.4, -0.2) is 29.4 Å². The van der Waals surface area contributed by atoms with Crippen LogP contribution in [0.2, 0.25) is 0 Å². The van der Waals surface area contributed by atoms with E-state index < -0.39 is 0 Å². The number of hydrogen-bond donors (Lipinski definition) is 2. The Morgan fingerprint density at radius 2 is 2.00 bits per heavy atom. The quantitative estimate of drug-likeness (QED) is 0.726. The van der Waals surface area contributed by atoms with Gasteiger partial charge in [0.05, 0.1) is 0 Å². The van der Waals surface area contributed by atoms with E-state index in [4.69, 9.17) is 0 Å². The van der Waals surface area contributed by atoms with E-state index in [2.05, 4.69) is 16.6 Å². The van der Waals surface area contributed by atoms with E-state index >= 15 is 0 Å². The van der Waals surface area contributed by atoms with E-state index in [1.54, 1.807) is 0 Å². The number of unbranched alkanes of at least 4 members (excludes halogenated alkanes) is 3. The number of fused-ring (bicyclic) bond motifs is 1. The maximum absolute atomic E-state index is 12.0. The van der Waals surface area contributed by atoms with E-state index in [9.17, 15) is 4.79 Å². The smallest absolute Gasteiger partial charge is 0.267 e. The molecule has 0 saturated carbocycles. The number of hydrogen-bond acceptors (Lipinski definition) is 2. The number of aromatic amines is 1. The number of aromatic nitrogens is 1. The first-order valence-electron chi connectivity index (χ1n) is 7.16. The van der Waals surface area contributed by atoms with Crippen LogP contribution >= 0.6 is 11.8 Å². The van der Waals surface area contributed by atoms with Gasteiger partial charge in [-0.3, -0.25) is 4.79 Å². The lowest BCUT2D eigenvalue weighted by molar-refractivity contribution is 0.0949. The predicted octanol–water partition coefficient (Wildman–Crippen LogP) is 3.82. The molecule has 0 aliphatic carbocycles. The molecule has 0 fully saturated rings. The van der Waals surface area contributed by atoms with E-state index in [-0.39, 0.29) is 5.91 Å². The minimum atomic E-state index is -0.00897. The Kier molecular flexibility index (Phi) is 5.99. The van der Waals surface area contributed by atoms with Crippen LogP contribution in [0.1, 0.15) is 36.2 Å². The van der Waals surface area contributed by atoms with Crippen LogP contribution in [0, 0.1) is 0 Å². The highest BCUT2D eigenvalue weighted by atomic mass is 32.2. The number of nitrogens with one attached hydrogen (secondary N) is 2. The summed E-state index contributed by atoms with van der Waals surface area (Å²) in [6.45, 7) is 0.757. The second kappa shape index (κ2) is 8.00. The number of thioether (sulfide) groups is 1. The minimum Gasteiger partial charge on any atom is -0.351 e. The Bertz CT molecular complexity index is 517. The Labute approximate surface area is 124 Å². The van der Waals surface area contributed by atoms with E-state index in [0.717, 1.165) is 23.9 Å². The largest absolute Gasteiger partial charge is 0.351 e. The second-order valence-electron chi connectivity index (χ2n) is 4.93. The Morgan fingerprint density at radius 3 is 2.80 bits per heavy atom. The molecule has 0 spiro atoms. The van der Waals surface area contributed by atoms with Crippen LogP contribution in [0.3, 0.4) is 0 Å². The monoisotopic (exact) mass is 290 g/mol. The molecule has 3 nitrogen and oxygen atoms in total. The first-order valence-corrected chi connectivity index (χ1v) is 8.55. The normalized spacial score (nSPS) is 10.8. The molecular formula is C16H22N2OS. The van der Waals surface area contributed by atoms with Crippen LogP contribution < -0.4 is 5.32 Å². The van der Waals surface area contributed by atoms with Crippen LogP contribution in [0.25, 0.3) is 10.9 Å². The van der Waals surface area contributed by atoms with Gasteiger partial charge < -0.3 is 10.3 Å². The van der Waals surface area contributed by atoms with Gasteiger partial charge in [0, 0.05) is 17.4 Å². The summed E-state index contributed by atoms with van der Waals surface area (Å²) in [5.41, 5.74) is 1.66. The first-order chi connectivity index (χ1) is 9.81. The molecular weight excluding hydrogens is 268 g/mol. The predicted molar refractivity (Wildman–Crippen MR) is 87.5 cm³/mol. The van der Waals surface area contributed by atoms with Gasteiger partial charge in [0.1, 0.15) is 5.69 Å². The summed E-state index contributed by atoms with van der Waals surface area (Å²) in [5.74, 6) is 1.23. The Balaban J connectivity index is 1.72. The van der Waals surface area contributed by atoms with Gasteiger partial charge in [-0.15, -0.1) is 0 Å². The lowest BCUT2D eigenvalue weighted by Gasteiger charge is -2.03. The van der Waals surface area contributed by atoms with Crippen molar-refractivity contribution in [2.75, 3.05) is 18.6 Å². The van der Waals surface area contributed by atoms with Gasteiger partial charge in [0.25, 0.3) is 5.91 Å². The average Bonchev–Trinajstić information content (AvgIpc) is 2.90. The molecule has 0 aliphatic rings. The summed E-state index contributed by atoms with van der Waals surface area (Å²) in [5, 5.41) is 4.05. The van der Waals surface area contributed by atoms with E-state index in [0.29, 0.717) is 5.69 Å². The molecule has 2 N–H and O–H groups in total. The highest BCUT2D eigenvalue weighted by molar-refractivity contribution is 7.98. The van der Waals surface area contributed by atoms with Crippen molar-refractivity contribution in [3.63, 3.8) is 0 Å². The molecule has 0 bridgehead atoms. The second-order valence-corrected chi connectivity index (χ2v) is 5.92. The topological polar surface area (TPSA) is 44.9 Å². The van der Waals surface area contributed by atoms with Gasteiger partial charge >= 0.3 is 0 Å². The van der Waals surface area contributed by atoms with E-state index in [1.807, 2.05) is 42.1 Å². The number of rotatable bonds is 8. The van der Waals surface area contributed by atoms with Crippen molar-refractivity contribution in [3.8, 4) is 0 Å². The molecule has 108 valence electrons. The van der Waals surface area contributed by atoms with Gasteiger partial charge in [-0.05, 0) is 37.0 Å². The van der Waals surface area contributed by atoms with Crippen molar-refractivity contribution >= 4 is 28.6 Å². The van der Waals surface area contributed by atoms with Crippen molar-refractivity contribution in [1.29, 1.82) is 0 Å². The molecule has 0 saturated heterocycles. The highest BCUT2D eigenvalue weighted by Gasteiger charge is 2.07.